The number of ether oxygens (including phenoxy) is 2. The minimum Gasteiger partial charge on any atom is -0.490 e. The Morgan fingerprint density at radius 3 is 2.72 bits per heavy atom. The van der Waals surface area contributed by atoms with Crippen LogP contribution in [0, 0.1) is 0 Å². The van der Waals surface area contributed by atoms with Gasteiger partial charge in [0.1, 0.15) is 0 Å². The van der Waals surface area contributed by atoms with Crippen LogP contribution >= 0.6 is 11.8 Å². The predicted octanol–water partition coefficient (Wildman–Crippen LogP) is 2.96. The monoisotopic (exact) mass is 265 g/mol. The maximum Gasteiger partial charge on any atom is 0.161 e. The molecule has 0 amide bonds. The summed E-state index contributed by atoms with van der Waals surface area (Å²) in [7, 11) is 0. The Morgan fingerprint density at radius 2 is 2.00 bits per heavy atom. The molecule has 2 heterocycles. The molecule has 1 atom stereocenters. The van der Waals surface area contributed by atoms with Gasteiger partial charge in [-0.25, -0.2) is 0 Å². The zero-order valence-corrected chi connectivity index (χ0v) is 11.7. The van der Waals surface area contributed by atoms with Crippen LogP contribution in [-0.2, 0) is 0 Å². The first-order chi connectivity index (χ1) is 8.64. The molecule has 18 heavy (non-hydrogen) atoms. The van der Waals surface area contributed by atoms with Crippen LogP contribution in [0.15, 0.2) is 18.2 Å². The topological polar surface area (TPSA) is 30.5 Å². The zero-order valence-electron chi connectivity index (χ0n) is 10.9. The standard InChI is InChI=1S/C14H19NO2S/c1-14(2)9-18-13(15-14)10-4-5-11-12(8-10)17-7-3-6-16-11/h4-5,8,13,15H,3,6-7,9H2,1-2H3. The van der Waals surface area contributed by atoms with Crippen molar-refractivity contribution in [2.75, 3.05) is 19.0 Å². The zero-order chi connectivity index (χ0) is 12.6. The Balaban J connectivity index is 1.84. The fourth-order valence-corrected chi connectivity index (χ4v) is 3.66. The van der Waals surface area contributed by atoms with E-state index in [0.29, 0.717) is 5.37 Å². The first-order valence-corrected chi connectivity index (χ1v) is 7.48. The summed E-state index contributed by atoms with van der Waals surface area (Å²) < 4.78 is 11.4. The third-order valence-electron chi connectivity index (χ3n) is 3.21. The van der Waals surface area contributed by atoms with E-state index >= 15 is 0 Å². The SMILES string of the molecule is CC1(C)CSC(c2ccc3c(c2)OCCCO3)N1. The minimum atomic E-state index is 0.208. The Bertz CT molecular complexity index is 447. The van der Waals surface area contributed by atoms with Gasteiger partial charge >= 0.3 is 0 Å². The van der Waals surface area contributed by atoms with Gasteiger partial charge in [-0.3, -0.25) is 5.32 Å². The van der Waals surface area contributed by atoms with E-state index in [1.165, 1.54) is 5.56 Å². The second-order valence-electron chi connectivity index (χ2n) is 5.48. The van der Waals surface area contributed by atoms with Crippen molar-refractivity contribution in [1.82, 2.24) is 5.32 Å². The average molecular weight is 265 g/mol. The smallest absolute Gasteiger partial charge is 0.161 e. The summed E-state index contributed by atoms with van der Waals surface area (Å²) >= 11 is 1.95. The summed E-state index contributed by atoms with van der Waals surface area (Å²) in [4.78, 5) is 0. The molecule has 98 valence electrons. The number of thioether (sulfide) groups is 1. The van der Waals surface area contributed by atoms with Crippen molar-refractivity contribution >= 4 is 11.8 Å². The van der Waals surface area contributed by atoms with E-state index in [1.54, 1.807) is 0 Å². The summed E-state index contributed by atoms with van der Waals surface area (Å²) in [5, 5.41) is 3.99. The highest BCUT2D eigenvalue weighted by Gasteiger charge is 2.31. The Kier molecular flexibility index (Phi) is 3.16. The number of rotatable bonds is 1. The number of hydrogen-bond donors (Lipinski definition) is 1. The van der Waals surface area contributed by atoms with Crippen molar-refractivity contribution in [3.05, 3.63) is 23.8 Å². The summed E-state index contributed by atoms with van der Waals surface area (Å²) in [6, 6.07) is 6.29. The highest BCUT2D eigenvalue weighted by atomic mass is 32.2. The average Bonchev–Trinajstić information content (AvgIpc) is 2.59. The lowest BCUT2D eigenvalue weighted by atomic mass is 10.1. The van der Waals surface area contributed by atoms with Crippen molar-refractivity contribution in [3.63, 3.8) is 0 Å². The van der Waals surface area contributed by atoms with Gasteiger partial charge in [-0.15, -0.1) is 11.8 Å². The maximum absolute atomic E-state index is 5.74. The molecule has 3 nitrogen and oxygen atoms in total. The van der Waals surface area contributed by atoms with Gasteiger partial charge < -0.3 is 9.47 Å². The lowest BCUT2D eigenvalue weighted by Gasteiger charge is -2.19. The summed E-state index contributed by atoms with van der Waals surface area (Å²) in [5.41, 5.74) is 1.48. The Morgan fingerprint density at radius 1 is 1.22 bits per heavy atom. The van der Waals surface area contributed by atoms with Crippen LogP contribution in [0.2, 0.25) is 0 Å². The van der Waals surface area contributed by atoms with Gasteiger partial charge in [0.2, 0.25) is 0 Å². The van der Waals surface area contributed by atoms with E-state index in [9.17, 15) is 0 Å². The first-order valence-electron chi connectivity index (χ1n) is 6.43. The van der Waals surface area contributed by atoms with Gasteiger partial charge in [0.25, 0.3) is 0 Å². The highest BCUT2D eigenvalue weighted by molar-refractivity contribution is 7.99. The number of fused-ring (bicyclic) bond motifs is 1. The molecule has 0 aromatic heterocycles. The van der Waals surface area contributed by atoms with Crippen LogP contribution in [0.5, 0.6) is 11.5 Å². The van der Waals surface area contributed by atoms with Crippen LogP contribution in [0.4, 0.5) is 0 Å². The molecule has 1 unspecified atom stereocenters. The molecule has 0 aliphatic carbocycles. The number of benzene rings is 1. The molecule has 2 aliphatic rings. The molecule has 1 aromatic carbocycles. The third-order valence-corrected chi connectivity index (χ3v) is 4.82. The van der Waals surface area contributed by atoms with E-state index in [4.69, 9.17) is 9.47 Å². The fourth-order valence-electron chi connectivity index (χ4n) is 2.25. The molecule has 4 heteroatoms. The van der Waals surface area contributed by atoms with E-state index < -0.39 is 0 Å². The molecule has 0 bridgehead atoms. The third kappa shape index (κ3) is 2.45. The van der Waals surface area contributed by atoms with E-state index in [2.05, 4.69) is 31.3 Å². The molecule has 1 N–H and O–H groups in total. The van der Waals surface area contributed by atoms with Crippen molar-refractivity contribution in [2.24, 2.45) is 0 Å². The van der Waals surface area contributed by atoms with Gasteiger partial charge in [-0.2, -0.15) is 0 Å². The molecule has 1 aromatic rings. The van der Waals surface area contributed by atoms with Gasteiger partial charge in [0.05, 0.1) is 18.6 Å². The second-order valence-corrected chi connectivity index (χ2v) is 6.57. The van der Waals surface area contributed by atoms with E-state index in [0.717, 1.165) is 36.9 Å². The normalized spacial score (nSPS) is 25.8. The van der Waals surface area contributed by atoms with Crippen LogP contribution in [0.25, 0.3) is 0 Å². The van der Waals surface area contributed by atoms with Crippen molar-refractivity contribution in [2.45, 2.75) is 31.2 Å². The quantitative estimate of drug-likeness (QED) is 0.845. The summed E-state index contributed by atoms with van der Waals surface area (Å²) in [6.07, 6.45) is 0.952. The molecule has 1 saturated heterocycles. The Hall–Kier alpha value is -0.870. The Labute approximate surface area is 112 Å². The first kappa shape index (κ1) is 12.2. The van der Waals surface area contributed by atoms with Crippen LogP contribution < -0.4 is 14.8 Å². The number of nitrogens with one attached hydrogen (secondary N) is 1. The van der Waals surface area contributed by atoms with Crippen LogP contribution in [0.1, 0.15) is 31.2 Å². The van der Waals surface area contributed by atoms with Crippen LogP contribution in [0.3, 0.4) is 0 Å². The van der Waals surface area contributed by atoms with Crippen molar-refractivity contribution in [3.8, 4) is 11.5 Å². The molecule has 3 rings (SSSR count). The molecular formula is C14H19NO2S. The molecular weight excluding hydrogens is 246 g/mol. The summed E-state index contributed by atoms with van der Waals surface area (Å²) in [6.45, 7) is 5.97. The maximum atomic E-state index is 5.74. The lowest BCUT2D eigenvalue weighted by molar-refractivity contribution is 0.297. The van der Waals surface area contributed by atoms with Crippen molar-refractivity contribution in [1.29, 1.82) is 0 Å². The summed E-state index contributed by atoms with van der Waals surface area (Å²) in [5.74, 6) is 2.89. The van der Waals surface area contributed by atoms with Gasteiger partial charge in [-0.1, -0.05) is 6.07 Å². The van der Waals surface area contributed by atoms with Crippen LogP contribution in [-0.4, -0.2) is 24.5 Å². The highest BCUT2D eigenvalue weighted by Crippen LogP contribution is 2.40. The number of hydrogen-bond acceptors (Lipinski definition) is 4. The molecule has 0 saturated carbocycles. The lowest BCUT2D eigenvalue weighted by Crippen LogP contribution is -2.35. The van der Waals surface area contributed by atoms with Gasteiger partial charge in [-0.05, 0) is 31.5 Å². The molecule has 2 aliphatic heterocycles. The minimum absolute atomic E-state index is 0.208. The van der Waals surface area contributed by atoms with Gasteiger partial charge in [0, 0.05) is 17.7 Å². The van der Waals surface area contributed by atoms with Crippen molar-refractivity contribution < 1.29 is 9.47 Å². The fraction of sp³-hybridized carbons (Fsp3) is 0.571. The molecule has 1 fully saturated rings. The van der Waals surface area contributed by atoms with Gasteiger partial charge in [0.15, 0.2) is 11.5 Å². The molecule has 0 spiro atoms. The second kappa shape index (κ2) is 4.67. The van der Waals surface area contributed by atoms with E-state index in [1.807, 2.05) is 17.8 Å². The van der Waals surface area contributed by atoms with E-state index in [-0.39, 0.29) is 5.54 Å². The predicted molar refractivity (Wildman–Crippen MR) is 74.5 cm³/mol. The largest absolute Gasteiger partial charge is 0.490 e. The molecule has 0 radical (unpaired) electrons.